The number of aromatic nitrogens is 4. The number of hydrogen-bond donors (Lipinski definition) is 1. The van der Waals surface area contributed by atoms with Crippen LogP contribution in [0.1, 0.15) is 42.1 Å². The van der Waals surface area contributed by atoms with Crippen molar-refractivity contribution in [3.63, 3.8) is 0 Å². The summed E-state index contributed by atoms with van der Waals surface area (Å²) in [5, 5.41) is 19.4. The van der Waals surface area contributed by atoms with E-state index in [1.54, 1.807) is 10.9 Å². The topological polar surface area (TPSA) is 55.9 Å². The minimum atomic E-state index is -0.711. The van der Waals surface area contributed by atoms with Crippen molar-refractivity contribution in [2.24, 2.45) is 7.05 Å². The van der Waals surface area contributed by atoms with Gasteiger partial charge in [-0.15, -0.1) is 0 Å². The highest BCUT2D eigenvalue weighted by Gasteiger charge is 2.25. The Hall–Kier alpha value is -1.14. The second kappa shape index (κ2) is 5.46. The molecule has 0 bridgehead atoms. The molecule has 0 aliphatic rings. The minimum Gasteiger partial charge on any atom is -0.382 e. The van der Waals surface area contributed by atoms with E-state index >= 15 is 0 Å². The number of aliphatic hydroxyl groups is 1. The van der Waals surface area contributed by atoms with Gasteiger partial charge >= 0.3 is 0 Å². The van der Waals surface area contributed by atoms with E-state index in [9.17, 15) is 5.11 Å². The highest BCUT2D eigenvalue weighted by molar-refractivity contribution is 9.10. The summed E-state index contributed by atoms with van der Waals surface area (Å²) in [4.78, 5) is 0. The summed E-state index contributed by atoms with van der Waals surface area (Å²) >= 11 is 3.47. The first-order valence-electron chi connectivity index (χ1n) is 6.36. The Labute approximate surface area is 121 Å². The molecule has 0 fully saturated rings. The van der Waals surface area contributed by atoms with Gasteiger partial charge in [-0.2, -0.15) is 10.2 Å². The predicted octanol–water partition coefficient (Wildman–Crippen LogP) is 2.49. The Kier molecular flexibility index (Phi) is 4.10. The summed E-state index contributed by atoms with van der Waals surface area (Å²) in [5.41, 5.74) is 3.48. The molecule has 1 N–H and O–H groups in total. The summed E-state index contributed by atoms with van der Waals surface area (Å²) in [7, 11) is 1.89. The maximum atomic E-state index is 10.7. The van der Waals surface area contributed by atoms with Crippen LogP contribution in [0, 0.1) is 13.8 Å². The number of aryl methyl sites for hydroxylation is 3. The van der Waals surface area contributed by atoms with Crippen LogP contribution >= 0.6 is 15.9 Å². The fourth-order valence-corrected chi connectivity index (χ4v) is 2.87. The average Bonchev–Trinajstić information content (AvgIpc) is 2.81. The van der Waals surface area contributed by atoms with E-state index in [0.29, 0.717) is 0 Å². The maximum absolute atomic E-state index is 10.7. The largest absolute Gasteiger partial charge is 0.382 e. The molecule has 5 nitrogen and oxygen atoms in total. The number of aliphatic hydroxyl groups excluding tert-OH is 1. The third-order valence-corrected chi connectivity index (χ3v) is 3.98. The van der Waals surface area contributed by atoms with Gasteiger partial charge in [0.05, 0.1) is 22.1 Å². The standard InChI is InChI=1S/C13H19BrN4O/c1-5-6-18-12(10(14)7-15-18)13(19)11-8(2)16-17(4)9(11)3/h7,13,19H,5-6H2,1-4H3. The van der Waals surface area contributed by atoms with Crippen molar-refractivity contribution < 1.29 is 5.11 Å². The second-order valence-electron chi connectivity index (χ2n) is 4.71. The molecule has 2 aromatic heterocycles. The molecule has 6 heteroatoms. The highest BCUT2D eigenvalue weighted by atomic mass is 79.9. The van der Waals surface area contributed by atoms with E-state index in [1.807, 2.05) is 25.6 Å². The Morgan fingerprint density at radius 2 is 2.11 bits per heavy atom. The van der Waals surface area contributed by atoms with Gasteiger partial charge < -0.3 is 5.11 Å². The molecule has 0 saturated heterocycles. The quantitative estimate of drug-likeness (QED) is 0.939. The minimum absolute atomic E-state index is 0.711. The van der Waals surface area contributed by atoms with Gasteiger partial charge in [0.1, 0.15) is 6.10 Å². The van der Waals surface area contributed by atoms with Gasteiger partial charge in [0.25, 0.3) is 0 Å². The molecule has 0 spiro atoms. The van der Waals surface area contributed by atoms with Crippen LogP contribution in [0.2, 0.25) is 0 Å². The fourth-order valence-electron chi connectivity index (χ4n) is 2.36. The molecule has 1 atom stereocenters. The van der Waals surface area contributed by atoms with E-state index in [4.69, 9.17) is 0 Å². The molecular weight excluding hydrogens is 308 g/mol. The number of rotatable bonds is 4. The Morgan fingerprint density at radius 1 is 1.42 bits per heavy atom. The summed E-state index contributed by atoms with van der Waals surface area (Å²) in [6.07, 6.45) is 1.99. The van der Waals surface area contributed by atoms with Crippen LogP contribution in [0.3, 0.4) is 0 Å². The van der Waals surface area contributed by atoms with Gasteiger partial charge in [-0.1, -0.05) is 6.92 Å². The van der Waals surface area contributed by atoms with Crippen molar-refractivity contribution in [3.05, 3.63) is 33.3 Å². The smallest absolute Gasteiger partial charge is 0.125 e. The van der Waals surface area contributed by atoms with E-state index in [1.165, 1.54) is 0 Å². The van der Waals surface area contributed by atoms with Crippen molar-refractivity contribution in [2.75, 3.05) is 0 Å². The third kappa shape index (κ3) is 2.47. The third-order valence-electron chi connectivity index (χ3n) is 3.37. The lowest BCUT2D eigenvalue weighted by molar-refractivity contribution is 0.205. The van der Waals surface area contributed by atoms with Gasteiger partial charge in [-0.25, -0.2) is 0 Å². The molecule has 0 saturated carbocycles. The van der Waals surface area contributed by atoms with Crippen LogP contribution in [-0.2, 0) is 13.6 Å². The molecule has 0 aromatic carbocycles. The molecule has 2 heterocycles. The zero-order valence-electron chi connectivity index (χ0n) is 11.7. The molecule has 19 heavy (non-hydrogen) atoms. The van der Waals surface area contributed by atoms with Gasteiger partial charge in [0.2, 0.25) is 0 Å². The van der Waals surface area contributed by atoms with Crippen LogP contribution in [0.5, 0.6) is 0 Å². The molecule has 104 valence electrons. The van der Waals surface area contributed by atoms with E-state index in [0.717, 1.165) is 40.1 Å². The Balaban J connectivity index is 2.49. The summed E-state index contributed by atoms with van der Waals surface area (Å²) in [6.45, 7) is 6.76. The van der Waals surface area contributed by atoms with Crippen molar-refractivity contribution >= 4 is 15.9 Å². The monoisotopic (exact) mass is 326 g/mol. The lowest BCUT2D eigenvalue weighted by Crippen LogP contribution is -2.12. The summed E-state index contributed by atoms with van der Waals surface area (Å²) < 4.78 is 4.47. The summed E-state index contributed by atoms with van der Waals surface area (Å²) in [6, 6.07) is 0. The van der Waals surface area contributed by atoms with E-state index in [-0.39, 0.29) is 0 Å². The van der Waals surface area contributed by atoms with Crippen LogP contribution in [-0.4, -0.2) is 24.7 Å². The van der Waals surface area contributed by atoms with Gasteiger partial charge in [0.15, 0.2) is 0 Å². The van der Waals surface area contributed by atoms with Gasteiger partial charge in [-0.05, 0) is 36.2 Å². The zero-order chi connectivity index (χ0) is 14.2. The maximum Gasteiger partial charge on any atom is 0.125 e. The summed E-state index contributed by atoms with van der Waals surface area (Å²) in [5.74, 6) is 0. The predicted molar refractivity (Wildman–Crippen MR) is 77.0 cm³/mol. The number of hydrogen-bond acceptors (Lipinski definition) is 3. The number of nitrogens with zero attached hydrogens (tertiary/aromatic N) is 4. The molecular formula is C13H19BrN4O. The Bertz CT molecular complexity index is 588. The Morgan fingerprint density at radius 3 is 2.63 bits per heavy atom. The second-order valence-corrected chi connectivity index (χ2v) is 5.57. The lowest BCUT2D eigenvalue weighted by Gasteiger charge is -2.14. The molecule has 0 aliphatic heterocycles. The van der Waals surface area contributed by atoms with Crippen molar-refractivity contribution in [3.8, 4) is 0 Å². The lowest BCUT2D eigenvalue weighted by atomic mass is 10.0. The van der Waals surface area contributed by atoms with Crippen LogP contribution in [0.4, 0.5) is 0 Å². The molecule has 0 aliphatic carbocycles. The van der Waals surface area contributed by atoms with Gasteiger partial charge in [-0.3, -0.25) is 9.36 Å². The molecule has 2 aromatic rings. The SMILES string of the molecule is CCCn1ncc(Br)c1C(O)c1c(C)nn(C)c1C. The van der Waals surface area contributed by atoms with Crippen molar-refractivity contribution in [2.45, 2.75) is 39.8 Å². The van der Waals surface area contributed by atoms with Crippen LogP contribution < -0.4 is 0 Å². The zero-order valence-corrected chi connectivity index (χ0v) is 13.3. The van der Waals surface area contributed by atoms with E-state index < -0.39 is 6.10 Å². The van der Waals surface area contributed by atoms with Crippen LogP contribution in [0.15, 0.2) is 10.7 Å². The molecule has 0 amide bonds. The highest BCUT2D eigenvalue weighted by Crippen LogP contribution is 2.31. The normalized spacial score (nSPS) is 12.9. The first-order valence-corrected chi connectivity index (χ1v) is 7.16. The number of halogens is 1. The van der Waals surface area contributed by atoms with Crippen molar-refractivity contribution in [1.29, 1.82) is 0 Å². The van der Waals surface area contributed by atoms with E-state index in [2.05, 4.69) is 33.1 Å². The van der Waals surface area contributed by atoms with Crippen molar-refractivity contribution in [1.82, 2.24) is 19.6 Å². The molecule has 1 unspecified atom stereocenters. The van der Waals surface area contributed by atoms with Gasteiger partial charge in [0, 0.05) is 24.8 Å². The fraction of sp³-hybridized carbons (Fsp3) is 0.538. The van der Waals surface area contributed by atoms with Crippen LogP contribution in [0.25, 0.3) is 0 Å². The molecule has 0 radical (unpaired) electrons. The first kappa shape index (κ1) is 14.3. The average molecular weight is 327 g/mol. The first-order chi connectivity index (χ1) is 8.97. The molecule has 2 rings (SSSR count).